The third kappa shape index (κ3) is 5.93. The third-order valence-electron chi connectivity index (χ3n) is 6.43. The van der Waals surface area contributed by atoms with Crippen molar-refractivity contribution in [3.8, 4) is 0 Å². The Kier molecular flexibility index (Phi) is 7.75. The molecule has 2 fully saturated rings. The van der Waals surface area contributed by atoms with E-state index in [0.717, 1.165) is 24.2 Å². The lowest BCUT2D eigenvalue weighted by molar-refractivity contribution is -0.137. The SMILES string of the molecule is CCCCCC1CCC(C2CCC(CCC(=O)O)CC2)CC1. The maximum absolute atomic E-state index is 10.7. The van der Waals surface area contributed by atoms with Crippen molar-refractivity contribution in [2.75, 3.05) is 0 Å². The minimum atomic E-state index is -0.622. The summed E-state index contributed by atoms with van der Waals surface area (Å²) in [5.74, 6) is 3.04. The zero-order chi connectivity index (χ0) is 15.8. The van der Waals surface area contributed by atoms with E-state index in [-0.39, 0.29) is 0 Å². The van der Waals surface area contributed by atoms with Gasteiger partial charge in [0.25, 0.3) is 0 Å². The van der Waals surface area contributed by atoms with Crippen LogP contribution in [0.4, 0.5) is 0 Å². The number of rotatable bonds is 8. The lowest BCUT2D eigenvalue weighted by Gasteiger charge is -2.38. The van der Waals surface area contributed by atoms with Gasteiger partial charge in [-0.15, -0.1) is 0 Å². The van der Waals surface area contributed by atoms with Gasteiger partial charge in [-0.1, -0.05) is 58.3 Å². The van der Waals surface area contributed by atoms with Crippen molar-refractivity contribution in [3.05, 3.63) is 0 Å². The highest BCUT2D eigenvalue weighted by Crippen LogP contribution is 2.43. The number of carbonyl (C=O) groups is 1. The van der Waals surface area contributed by atoms with Gasteiger partial charge in [-0.25, -0.2) is 0 Å². The smallest absolute Gasteiger partial charge is 0.303 e. The molecule has 2 aliphatic rings. The molecule has 0 aromatic carbocycles. The first-order valence-electron chi connectivity index (χ1n) is 9.90. The van der Waals surface area contributed by atoms with Crippen LogP contribution in [0.15, 0.2) is 0 Å². The maximum Gasteiger partial charge on any atom is 0.303 e. The first-order valence-corrected chi connectivity index (χ1v) is 9.90. The van der Waals surface area contributed by atoms with E-state index in [2.05, 4.69) is 6.92 Å². The summed E-state index contributed by atoms with van der Waals surface area (Å²) in [4.78, 5) is 10.7. The van der Waals surface area contributed by atoms with E-state index >= 15 is 0 Å². The van der Waals surface area contributed by atoms with Crippen molar-refractivity contribution in [1.29, 1.82) is 0 Å². The number of unbranched alkanes of at least 4 members (excludes halogenated alkanes) is 2. The second kappa shape index (κ2) is 9.57. The van der Waals surface area contributed by atoms with Crippen molar-refractivity contribution < 1.29 is 9.90 Å². The van der Waals surface area contributed by atoms with Crippen molar-refractivity contribution in [1.82, 2.24) is 0 Å². The van der Waals surface area contributed by atoms with Crippen LogP contribution in [-0.2, 0) is 4.79 Å². The lowest BCUT2D eigenvalue weighted by atomic mass is 9.68. The summed E-state index contributed by atoms with van der Waals surface area (Å²) in [6, 6.07) is 0. The molecule has 0 unspecified atom stereocenters. The van der Waals surface area contributed by atoms with Gasteiger partial charge in [0.15, 0.2) is 0 Å². The number of hydrogen-bond donors (Lipinski definition) is 1. The molecule has 0 saturated heterocycles. The fourth-order valence-corrected chi connectivity index (χ4v) is 4.91. The minimum absolute atomic E-state index is 0.373. The Hall–Kier alpha value is -0.530. The molecule has 2 heteroatoms. The Balaban J connectivity index is 1.61. The van der Waals surface area contributed by atoms with Crippen LogP contribution in [0.2, 0.25) is 0 Å². The Bertz CT molecular complexity index is 310. The van der Waals surface area contributed by atoms with Crippen LogP contribution in [0.25, 0.3) is 0 Å². The summed E-state index contributed by atoms with van der Waals surface area (Å²) in [7, 11) is 0. The van der Waals surface area contributed by atoms with Crippen LogP contribution in [0, 0.1) is 23.7 Å². The zero-order valence-corrected chi connectivity index (χ0v) is 14.6. The highest BCUT2D eigenvalue weighted by atomic mass is 16.4. The van der Waals surface area contributed by atoms with Crippen LogP contribution in [-0.4, -0.2) is 11.1 Å². The average Bonchev–Trinajstić information content (AvgIpc) is 2.54. The van der Waals surface area contributed by atoms with Crippen molar-refractivity contribution >= 4 is 5.97 Å². The predicted octanol–water partition coefficient (Wildman–Crippen LogP) is 6.04. The molecule has 2 aliphatic carbocycles. The second-order valence-electron chi connectivity index (χ2n) is 7.99. The van der Waals surface area contributed by atoms with Crippen LogP contribution in [0.3, 0.4) is 0 Å². The van der Waals surface area contributed by atoms with Crippen molar-refractivity contribution in [3.63, 3.8) is 0 Å². The average molecular weight is 309 g/mol. The van der Waals surface area contributed by atoms with Crippen LogP contribution >= 0.6 is 0 Å². The first-order chi connectivity index (χ1) is 10.7. The van der Waals surface area contributed by atoms with E-state index in [1.54, 1.807) is 0 Å². The van der Waals surface area contributed by atoms with Gasteiger partial charge in [-0.05, 0) is 55.8 Å². The zero-order valence-electron chi connectivity index (χ0n) is 14.6. The molecule has 0 spiro atoms. The van der Waals surface area contributed by atoms with E-state index in [4.69, 9.17) is 5.11 Å². The molecule has 1 N–H and O–H groups in total. The number of carboxylic acid groups (broad SMARTS) is 1. The first kappa shape index (κ1) is 17.8. The molecule has 2 saturated carbocycles. The molecule has 0 radical (unpaired) electrons. The summed E-state index contributed by atoms with van der Waals surface area (Å²) >= 11 is 0. The summed E-state index contributed by atoms with van der Waals surface area (Å²) < 4.78 is 0. The van der Waals surface area contributed by atoms with Gasteiger partial charge in [0.2, 0.25) is 0 Å². The Morgan fingerprint density at radius 2 is 1.32 bits per heavy atom. The second-order valence-corrected chi connectivity index (χ2v) is 7.99. The maximum atomic E-state index is 10.7. The fourth-order valence-electron chi connectivity index (χ4n) is 4.91. The van der Waals surface area contributed by atoms with Gasteiger partial charge in [0.1, 0.15) is 0 Å². The Morgan fingerprint density at radius 3 is 1.77 bits per heavy atom. The van der Waals surface area contributed by atoms with E-state index in [1.807, 2.05) is 0 Å². The van der Waals surface area contributed by atoms with E-state index in [1.165, 1.54) is 77.0 Å². The molecular weight excluding hydrogens is 272 g/mol. The molecule has 22 heavy (non-hydrogen) atoms. The van der Waals surface area contributed by atoms with Crippen LogP contribution < -0.4 is 0 Å². The minimum Gasteiger partial charge on any atom is -0.481 e. The predicted molar refractivity (Wildman–Crippen MR) is 91.9 cm³/mol. The topological polar surface area (TPSA) is 37.3 Å². The summed E-state index contributed by atoms with van der Waals surface area (Å²) in [5.41, 5.74) is 0. The van der Waals surface area contributed by atoms with Gasteiger partial charge in [0.05, 0.1) is 0 Å². The molecular formula is C20H36O2. The van der Waals surface area contributed by atoms with Gasteiger partial charge >= 0.3 is 5.97 Å². The number of carboxylic acids is 1. The third-order valence-corrected chi connectivity index (χ3v) is 6.43. The molecule has 0 aliphatic heterocycles. The lowest BCUT2D eigenvalue weighted by Crippen LogP contribution is -2.26. The van der Waals surface area contributed by atoms with E-state index in [9.17, 15) is 4.79 Å². The van der Waals surface area contributed by atoms with Gasteiger partial charge in [-0.3, -0.25) is 4.79 Å². The van der Waals surface area contributed by atoms with Crippen LogP contribution in [0.1, 0.15) is 96.8 Å². The molecule has 2 nitrogen and oxygen atoms in total. The highest BCUT2D eigenvalue weighted by Gasteiger charge is 2.30. The Labute approximate surface area is 137 Å². The molecule has 0 bridgehead atoms. The van der Waals surface area contributed by atoms with Crippen LogP contribution in [0.5, 0.6) is 0 Å². The van der Waals surface area contributed by atoms with Crippen molar-refractivity contribution in [2.24, 2.45) is 23.7 Å². The highest BCUT2D eigenvalue weighted by molar-refractivity contribution is 5.66. The van der Waals surface area contributed by atoms with Gasteiger partial charge in [0, 0.05) is 6.42 Å². The fraction of sp³-hybridized carbons (Fsp3) is 0.950. The van der Waals surface area contributed by atoms with E-state index in [0.29, 0.717) is 12.3 Å². The summed E-state index contributed by atoms with van der Waals surface area (Å²) in [5, 5.41) is 8.80. The molecule has 128 valence electrons. The molecule has 0 aromatic rings. The Morgan fingerprint density at radius 1 is 0.818 bits per heavy atom. The summed E-state index contributed by atoms with van der Waals surface area (Å²) in [6.07, 6.45) is 18.2. The van der Waals surface area contributed by atoms with Crippen molar-refractivity contribution in [2.45, 2.75) is 96.8 Å². The van der Waals surface area contributed by atoms with Gasteiger partial charge in [-0.2, -0.15) is 0 Å². The normalized spacial score (nSPS) is 32.8. The monoisotopic (exact) mass is 308 g/mol. The van der Waals surface area contributed by atoms with E-state index < -0.39 is 5.97 Å². The quantitative estimate of drug-likeness (QED) is 0.555. The summed E-state index contributed by atoms with van der Waals surface area (Å²) in [6.45, 7) is 2.30. The molecule has 0 heterocycles. The van der Waals surface area contributed by atoms with Gasteiger partial charge < -0.3 is 5.11 Å². The largest absolute Gasteiger partial charge is 0.481 e. The standard InChI is InChI=1S/C20H36O2/c1-2-3-4-5-16-6-11-18(12-7-16)19-13-8-17(9-14-19)10-15-20(21)22/h16-19H,2-15H2,1H3,(H,21,22). The number of hydrogen-bond acceptors (Lipinski definition) is 1. The molecule has 0 atom stereocenters. The molecule has 0 amide bonds. The molecule has 0 aromatic heterocycles. The number of aliphatic carboxylic acids is 1. The molecule has 2 rings (SSSR count).